The monoisotopic (exact) mass is 276 g/mol. The van der Waals surface area contributed by atoms with Crippen LogP contribution in [0, 0.1) is 6.92 Å². The van der Waals surface area contributed by atoms with E-state index in [2.05, 4.69) is 35.1 Å². The molecule has 1 aromatic carbocycles. The molecule has 0 fully saturated rings. The number of anilines is 1. The fraction of sp³-hybridized carbons (Fsp3) is 0.214. The van der Waals surface area contributed by atoms with Gasteiger partial charge >= 0.3 is 0 Å². The van der Waals surface area contributed by atoms with Crippen LogP contribution >= 0.6 is 23.6 Å². The Kier molecular flexibility index (Phi) is 3.99. The fourth-order valence-electron chi connectivity index (χ4n) is 1.88. The van der Waals surface area contributed by atoms with Crippen LogP contribution in [0.25, 0.3) is 0 Å². The Morgan fingerprint density at radius 2 is 2.17 bits per heavy atom. The number of hydrogen-bond acceptors (Lipinski definition) is 3. The molecule has 0 aliphatic rings. The van der Waals surface area contributed by atoms with Crippen LogP contribution in [0.3, 0.4) is 0 Å². The van der Waals surface area contributed by atoms with Gasteiger partial charge in [-0.15, -0.1) is 0 Å². The summed E-state index contributed by atoms with van der Waals surface area (Å²) in [6, 6.07) is 8.51. The van der Waals surface area contributed by atoms with E-state index in [1.807, 2.05) is 19.1 Å². The summed E-state index contributed by atoms with van der Waals surface area (Å²) >= 11 is 6.72. The van der Waals surface area contributed by atoms with Gasteiger partial charge in [-0.2, -0.15) is 11.3 Å². The lowest BCUT2D eigenvalue weighted by Gasteiger charge is -2.15. The number of aryl methyl sites for hydroxylation is 1. The van der Waals surface area contributed by atoms with Crippen molar-refractivity contribution in [3.8, 4) is 0 Å². The molecule has 0 bridgehead atoms. The van der Waals surface area contributed by atoms with Gasteiger partial charge in [0.05, 0.1) is 0 Å². The number of nitrogens with one attached hydrogen (secondary N) is 1. The van der Waals surface area contributed by atoms with Crippen LogP contribution in [-0.2, 0) is 0 Å². The van der Waals surface area contributed by atoms with Crippen molar-refractivity contribution in [2.45, 2.75) is 19.9 Å². The smallest absolute Gasteiger partial charge is 0.104 e. The summed E-state index contributed by atoms with van der Waals surface area (Å²) in [5, 5.41) is 7.73. The van der Waals surface area contributed by atoms with Gasteiger partial charge in [-0.05, 0) is 60.0 Å². The third-order valence-electron chi connectivity index (χ3n) is 2.92. The maximum absolute atomic E-state index is 5.66. The molecule has 0 amide bonds. The maximum atomic E-state index is 5.66. The van der Waals surface area contributed by atoms with Gasteiger partial charge in [0.15, 0.2) is 0 Å². The highest BCUT2D eigenvalue weighted by molar-refractivity contribution is 7.80. The summed E-state index contributed by atoms with van der Waals surface area (Å²) in [6.45, 7) is 4.17. The number of hydrogen-bond donors (Lipinski definition) is 2. The summed E-state index contributed by atoms with van der Waals surface area (Å²) in [5.74, 6) is 0. The number of nitrogens with two attached hydrogens (primary N) is 1. The van der Waals surface area contributed by atoms with E-state index in [0.717, 1.165) is 16.8 Å². The lowest BCUT2D eigenvalue weighted by molar-refractivity contribution is 0.890. The Bertz CT molecular complexity index is 547. The van der Waals surface area contributed by atoms with Crippen molar-refractivity contribution in [3.05, 3.63) is 51.7 Å². The molecule has 0 saturated heterocycles. The molecule has 2 aromatic rings. The molecule has 0 radical (unpaired) electrons. The van der Waals surface area contributed by atoms with Crippen molar-refractivity contribution in [2.75, 3.05) is 5.32 Å². The maximum Gasteiger partial charge on any atom is 0.104 e. The zero-order chi connectivity index (χ0) is 13.1. The second-order valence-corrected chi connectivity index (χ2v) is 5.54. The quantitative estimate of drug-likeness (QED) is 0.833. The van der Waals surface area contributed by atoms with Crippen molar-refractivity contribution in [1.29, 1.82) is 0 Å². The first kappa shape index (κ1) is 13.1. The Hall–Kier alpha value is -1.39. The molecule has 0 aliphatic carbocycles. The Morgan fingerprint density at radius 3 is 2.72 bits per heavy atom. The standard InChI is InChI=1S/C14H16N2S2/c1-9-7-12(3-4-13(9)14(15)17)16-10(2)11-5-6-18-8-11/h3-8,10,16H,1-2H3,(H2,15,17). The lowest BCUT2D eigenvalue weighted by atomic mass is 10.1. The molecule has 94 valence electrons. The minimum absolute atomic E-state index is 0.298. The zero-order valence-corrected chi connectivity index (χ0v) is 12.1. The van der Waals surface area contributed by atoms with E-state index in [9.17, 15) is 0 Å². The van der Waals surface area contributed by atoms with Crippen LogP contribution in [0.5, 0.6) is 0 Å². The molecule has 0 aliphatic heterocycles. The first-order valence-electron chi connectivity index (χ1n) is 5.77. The summed E-state index contributed by atoms with van der Waals surface area (Å²) in [5.41, 5.74) is 10.1. The minimum Gasteiger partial charge on any atom is -0.389 e. The van der Waals surface area contributed by atoms with Crippen molar-refractivity contribution in [3.63, 3.8) is 0 Å². The Balaban J connectivity index is 2.15. The van der Waals surface area contributed by atoms with Gasteiger partial charge in [-0.25, -0.2) is 0 Å². The van der Waals surface area contributed by atoms with Crippen LogP contribution < -0.4 is 11.1 Å². The molecule has 2 rings (SSSR count). The average molecular weight is 276 g/mol. The molecule has 18 heavy (non-hydrogen) atoms. The predicted octanol–water partition coefficient (Wildman–Crippen LogP) is 3.86. The third kappa shape index (κ3) is 2.89. The van der Waals surface area contributed by atoms with Crippen molar-refractivity contribution >= 4 is 34.2 Å². The molecule has 1 heterocycles. The van der Waals surface area contributed by atoms with Crippen molar-refractivity contribution in [2.24, 2.45) is 5.73 Å². The number of thiocarbonyl (C=S) groups is 1. The predicted molar refractivity (Wildman–Crippen MR) is 83.4 cm³/mol. The molecule has 1 unspecified atom stereocenters. The van der Waals surface area contributed by atoms with E-state index >= 15 is 0 Å². The second-order valence-electron chi connectivity index (χ2n) is 4.32. The molecule has 1 atom stereocenters. The summed E-state index contributed by atoms with van der Waals surface area (Å²) in [4.78, 5) is 0.449. The fourth-order valence-corrected chi connectivity index (χ4v) is 2.87. The van der Waals surface area contributed by atoms with Gasteiger partial charge in [0.2, 0.25) is 0 Å². The number of benzene rings is 1. The van der Waals surface area contributed by atoms with E-state index in [1.54, 1.807) is 11.3 Å². The van der Waals surface area contributed by atoms with Crippen LogP contribution in [0.4, 0.5) is 5.69 Å². The topological polar surface area (TPSA) is 38.0 Å². The van der Waals surface area contributed by atoms with E-state index < -0.39 is 0 Å². The minimum atomic E-state index is 0.298. The van der Waals surface area contributed by atoms with E-state index in [1.165, 1.54) is 5.56 Å². The van der Waals surface area contributed by atoms with Crippen molar-refractivity contribution in [1.82, 2.24) is 0 Å². The van der Waals surface area contributed by atoms with Crippen LogP contribution in [0.15, 0.2) is 35.0 Å². The SMILES string of the molecule is Cc1cc(NC(C)c2ccsc2)ccc1C(N)=S. The van der Waals surface area contributed by atoms with E-state index in [4.69, 9.17) is 18.0 Å². The van der Waals surface area contributed by atoms with Crippen LogP contribution in [0.2, 0.25) is 0 Å². The summed E-state index contributed by atoms with van der Waals surface area (Å²) in [6.07, 6.45) is 0. The molecular weight excluding hydrogens is 260 g/mol. The molecule has 1 aromatic heterocycles. The van der Waals surface area contributed by atoms with Gasteiger partial charge in [-0.1, -0.05) is 12.2 Å². The Morgan fingerprint density at radius 1 is 1.39 bits per heavy atom. The highest BCUT2D eigenvalue weighted by Crippen LogP contribution is 2.22. The molecule has 0 saturated carbocycles. The van der Waals surface area contributed by atoms with Crippen LogP contribution in [-0.4, -0.2) is 4.99 Å². The third-order valence-corrected chi connectivity index (χ3v) is 3.84. The molecule has 3 N–H and O–H groups in total. The molecule has 4 heteroatoms. The van der Waals surface area contributed by atoms with Gasteiger partial charge in [0.1, 0.15) is 4.99 Å². The number of thiophene rings is 1. The van der Waals surface area contributed by atoms with Gasteiger partial charge in [-0.3, -0.25) is 0 Å². The largest absolute Gasteiger partial charge is 0.389 e. The highest BCUT2D eigenvalue weighted by atomic mass is 32.1. The zero-order valence-electron chi connectivity index (χ0n) is 10.4. The molecule has 2 nitrogen and oxygen atoms in total. The summed E-state index contributed by atoms with van der Waals surface area (Å²) < 4.78 is 0. The first-order valence-corrected chi connectivity index (χ1v) is 7.12. The Labute approximate surface area is 117 Å². The lowest BCUT2D eigenvalue weighted by Crippen LogP contribution is -2.12. The van der Waals surface area contributed by atoms with Gasteiger partial charge in [0.25, 0.3) is 0 Å². The van der Waals surface area contributed by atoms with E-state index in [-0.39, 0.29) is 0 Å². The normalized spacial score (nSPS) is 12.1. The van der Waals surface area contributed by atoms with E-state index in [0.29, 0.717) is 11.0 Å². The average Bonchev–Trinajstić information content (AvgIpc) is 2.81. The number of rotatable bonds is 4. The van der Waals surface area contributed by atoms with Crippen LogP contribution in [0.1, 0.15) is 29.7 Å². The second kappa shape index (κ2) is 5.50. The van der Waals surface area contributed by atoms with Gasteiger partial charge in [0, 0.05) is 17.3 Å². The first-order chi connectivity index (χ1) is 8.58. The van der Waals surface area contributed by atoms with Gasteiger partial charge < -0.3 is 11.1 Å². The van der Waals surface area contributed by atoms with Crippen molar-refractivity contribution < 1.29 is 0 Å². The molecular formula is C14H16N2S2. The summed E-state index contributed by atoms with van der Waals surface area (Å²) in [7, 11) is 0. The molecule has 0 spiro atoms. The highest BCUT2D eigenvalue weighted by Gasteiger charge is 2.07.